The fraction of sp³-hybridized carbons (Fsp3) is 0.837. The largest absolute Gasteiger partial charge is 0.455 e. The Kier molecular flexibility index (Phi) is 18.4. The predicted octanol–water partition coefficient (Wildman–Crippen LogP) is 4.05. The number of rotatable bonds is 10. The molecule has 3 aliphatic heterocycles. The molecular formula is C43H71IN4O15. The number of hydrogen-bond acceptors (Lipinski definition) is 18. The molecule has 2 unspecified atom stereocenters. The van der Waals surface area contributed by atoms with Crippen molar-refractivity contribution in [3.63, 3.8) is 0 Å². The number of ether oxygens (including phenoxy) is 8. The highest BCUT2D eigenvalue weighted by atomic mass is 127. The van der Waals surface area contributed by atoms with E-state index in [9.17, 15) is 29.7 Å². The summed E-state index contributed by atoms with van der Waals surface area (Å²) in [4.78, 5) is 51.4. The number of cyclic esters (lactones) is 1. The van der Waals surface area contributed by atoms with Gasteiger partial charge in [0.15, 0.2) is 28.9 Å². The number of likely N-dealkylation sites (N-methyl/N-ethyl adjacent to an activating group) is 1. The van der Waals surface area contributed by atoms with Gasteiger partial charge in [-0.25, -0.2) is 14.3 Å². The maximum atomic E-state index is 14.4. The van der Waals surface area contributed by atoms with Crippen molar-refractivity contribution in [2.24, 2.45) is 28.8 Å². The molecule has 3 aliphatic rings. The molecule has 360 valence electrons. The van der Waals surface area contributed by atoms with Crippen LogP contribution in [0.3, 0.4) is 0 Å². The van der Waals surface area contributed by atoms with Crippen molar-refractivity contribution >= 4 is 46.3 Å². The van der Waals surface area contributed by atoms with Crippen LogP contribution in [0.1, 0.15) is 95.4 Å². The maximum absolute atomic E-state index is 14.4. The quantitative estimate of drug-likeness (QED) is 0.0988. The SMILES string of the molecule is CCO/N=C1\[C@H](C)C[C@@](C)(OC)[C@H](OC2O[C@H](C)C[C@H](N(C)C)[C@H]2OC(C)=O)[C@@H](C)[C@H](OC2C[C@@](C)(O)[C@@H](OC(=O)n3ccnc3)[C@H](C)O2)[C@@H](C)C(=O)O[C@H](I)[C@@](C)(O)[C@H](O)[C@H]1C. The van der Waals surface area contributed by atoms with E-state index in [1.165, 1.54) is 46.6 Å². The van der Waals surface area contributed by atoms with Gasteiger partial charge in [0.2, 0.25) is 0 Å². The van der Waals surface area contributed by atoms with E-state index in [1.54, 1.807) is 50.3 Å². The molecule has 0 aliphatic carbocycles. The van der Waals surface area contributed by atoms with Crippen molar-refractivity contribution in [3.8, 4) is 0 Å². The summed E-state index contributed by atoms with van der Waals surface area (Å²) in [7, 11) is 5.29. The molecule has 0 amide bonds. The molecular weight excluding hydrogens is 939 g/mol. The summed E-state index contributed by atoms with van der Waals surface area (Å²) in [6.45, 7) is 18.6. The van der Waals surface area contributed by atoms with Gasteiger partial charge in [-0.1, -0.05) is 25.9 Å². The number of oxime groups is 1. The van der Waals surface area contributed by atoms with Crippen LogP contribution >= 0.6 is 22.6 Å². The zero-order chi connectivity index (χ0) is 47.4. The average Bonchev–Trinajstić information content (AvgIpc) is 3.75. The van der Waals surface area contributed by atoms with E-state index in [4.69, 9.17) is 42.7 Å². The lowest BCUT2D eigenvalue weighted by molar-refractivity contribution is -0.318. The Morgan fingerprint density at radius 1 is 1.00 bits per heavy atom. The summed E-state index contributed by atoms with van der Waals surface area (Å²) in [5.41, 5.74) is -4.52. The van der Waals surface area contributed by atoms with Gasteiger partial charge in [-0.15, -0.1) is 0 Å². The molecule has 4 rings (SSSR count). The Bertz CT molecular complexity index is 1700. The lowest BCUT2D eigenvalue weighted by Gasteiger charge is -2.50. The number of hydrogen-bond donors (Lipinski definition) is 3. The van der Waals surface area contributed by atoms with Crippen LogP contribution in [0, 0.1) is 23.7 Å². The van der Waals surface area contributed by atoms with Crippen molar-refractivity contribution in [2.75, 3.05) is 27.8 Å². The number of aromatic nitrogens is 2. The van der Waals surface area contributed by atoms with Crippen molar-refractivity contribution in [1.82, 2.24) is 14.5 Å². The molecule has 1 aromatic heterocycles. The first kappa shape index (κ1) is 53.1. The molecule has 1 aromatic rings. The third kappa shape index (κ3) is 12.5. The molecule has 3 saturated heterocycles. The van der Waals surface area contributed by atoms with Crippen molar-refractivity contribution < 1.29 is 72.4 Å². The first-order valence-corrected chi connectivity index (χ1v) is 22.9. The van der Waals surface area contributed by atoms with Gasteiger partial charge in [-0.3, -0.25) is 9.59 Å². The number of methoxy groups -OCH3 is 1. The Labute approximate surface area is 384 Å². The van der Waals surface area contributed by atoms with Crippen molar-refractivity contribution in [3.05, 3.63) is 18.7 Å². The first-order valence-electron chi connectivity index (χ1n) is 21.7. The number of alkyl halides is 1. The highest BCUT2D eigenvalue weighted by molar-refractivity contribution is 14.1. The molecule has 18 atom stereocenters. The van der Waals surface area contributed by atoms with E-state index < -0.39 is 112 Å². The van der Waals surface area contributed by atoms with E-state index >= 15 is 0 Å². The second-order valence-corrected chi connectivity index (χ2v) is 19.5. The van der Waals surface area contributed by atoms with Crippen LogP contribution in [0.4, 0.5) is 4.79 Å². The van der Waals surface area contributed by atoms with Crippen LogP contribution in [0.5, 0.6) is 0 Å². The third-order valence-corrected chi connectivity index (χ3v) is 14.2. The van der Waals surface area contributed by atoms with Crippen LogP contribution in [0.2, 0.25) is 0 Å². The number of aliphatic hydroxyl groups is 3. The Morgan fingerprint density at radius 2 is 1.67 bits per heavy atom. The van der Waals surface area contributed by atoms with E-state index in [1.807, 2.05) is 46.7 Å². The number of halogens is 1. The van der Waals surface area contributed by atoms with Crippen LogP contribution in [0.15, 0.2) is 23.9 Å². The van der Waals surface area contributed by atoms with E-state index in [0.29, 0.717) is 12.1 Å². The van der Waals surface area contributed by atoms with Gasteiger partial charge in [-0.2, -0.15) is 0 Å². The smallest absolute Gasteiger partial charge is 0.419 e. The lowest BCUT2D eigenvalue weighted by Crippen LogP contribution is -2.62. The van der Waals surface area contributed by atoms with Crippen molar-refractivity contribution in [2.45, 2.75) is 178 Å². The monoisotopic (exact) mass is 1010 g/mol. The minimum Gasteiger partial charge on any atom is -0.455 e. The van der Waals surface area contributed by atoms with Crippen LogP contribution in [0.25, 0.3) is 0 Å². The molecule has 3 fully saturated rings. The molecule has 0 saturated carbocycles. The molecule has 19 nitrogen and oxygen atoms in total. The standard InChI is InChI=1S/C43H71IN4O15/c1-15-56-46-31-22(2)19-42(10,55-14)35(61-38-33(59-28(8)49)29(47(12)13)18-23(3)57-38)25(5)32(26(6)37(51)63-39(44)43(11,54)34(50)24(31)4)60-30-20-41(9,53)36(27(7)58-30)62-40(52)48-17-16-45-21-48/h16-17,21-27,29-30,32-36,38-39,50,53-54H,15,18-20H2,1-14H3/b46-31+/t22-,23-,24+,25+,26-,27+,29+,30?,32+,33-,34-,35-,36+,38?,39+,41-,42-,43+/m1/s1. The minimum absolute atomic E-state index is 0.191. The van der Waals surface area contributed by atoms with Crippen LogP contribution in [-0.4, -0.2) is 164 Å². The van der Waals surface area contributed by atoms with E-state index in [0.717, 1.165) is 4.57 Å². The normalized spacial score (nSPS) is 42.9. The second kappa shape index (κ2) is 21.8. The van der Waals surface area contributed by atoms with Gasteiger partial charge in [0.25, 0.3) is 0 Å². The van der Waals surface area contributed by atoms with Gasteiger partial charge < -0.3 is 63.0 Å². The zero-order valence-corrected chi connectivity index (χ0v) is 41.3. The molecule has 20 heteroatoms. The van der Waals surface area contributed by atoms with Gasteiger partial charge in [-0.05, 0) is 98.0 Å². The molecule has 3 N–H and O–H groups in total. The summed E-state index contributed by atoms with van der Waals surface area (Å²) in [5, 5.41) is 39.9. The average molecular weight is 1010 g/mol. The van der Waals surface area contributed by atoms with Crippen molar-refractivity contribution in [1.29, 1.82) is 0 Å². The Morgan fingerprint density at radius 3 is 2.22 bits per heavy atom. The molecule has 0 aromatic carbocycles. The molecule has 0 spiro atoms. The zero-order valence-electron chi connectivity index (χ0n) is 39.1. The number of carbonyl (C=O) groups excluding carboxylic acids is 3. The molecule has 4 heterocycles. The molecule has 0 radical (unpaired) electrons. The predicted molar refractivity (Wildman–Crippen MR) is 235 cm³/mol. The van der Waals surface area contributed by atoms with Gasteiger partial charge in [0, 0.05) is 50.6 Å². The highest BCUT2D eigenvalue weighted by Gasteiger charge is 2.55. The third-order valence-electron chi connectivity index (χ3n) is 12.7. The fourth-order valence-corrected chi connectivity index (χ4v) is 9.80. The maximum Gasteiger partial charge on any atom is 0.419 e. The summed E-state index contributed by atoms with van der Waals surface area (Å²) in [5.74, 6) is -4.53. The van der Waals surface area contributed by atoms with Gasteiger partial charge in [0.1, 0.15) is 24.1 Å². The molecule has 0 bridgehead atoms. The number of aliphatic hydroxyl groups excluding tert-OH is 1. The second-order valence-electron chi connectivity index (χ2n) is 18.3. The van der Waals surface area contributed by atoms with E-state index in [2.05, 4.69) is 10.1 Å². The fourth-order valence-electron chi connectivity index (χ4n) is 9.18. The first-order chi connectivity index (χ1) is 29.3. The molecule has 63 heavy (non-hydrogen) atoms. The number of nitrogens with zero attached hydrogens (tertiary/aromatic N) is 4. The minimum atomic E-state index is -1.97. The Balaban J connectivity index is 1.88. The number of esters is 2. The lowest BCUT2D eigenvalue weighted by atomic mass is 9.74. The van der Waals surface area contributed by atoms with E-state index in [-0.39, 0.29) is 31.6 Å². The summed E-state index contributed by atoms with van der Waals surface area (Å²) >= 11 is 1.79. The topological polar surface area (TPSA) is 228 Å². The van der Waals surface area contributed by atoms with Crippen LogP contribution in [-0.2, 0) is 52.3 Å². The number of carbonyl (C=O) groups is 3. The highest BCUT2D eigenvalue weighted by Crippen LogP contribution is 2.42. The number of imidazole rings is 1. The summed E-state index contributed by atoms with van der Waals surface area (Å²) in [6.07, 6.45) is -5.30. The van der Waals surface area contributed by atoms with Gasteiger partial charge in [0.05, 0.1) is 53.8 Å². The Hall–Kier alpha value is -2.54. The summed E-state index contributed by atoms with van der Waals surface area (Å²) < 4.78 is 50.6. The van der Waals surface area contributed by atoms with Gasteiger partial charge >= 0.3 is 18.0 Å². The van der Waals surface area contributed by atoms with Crippen LogP contribution < -0.4 is 0 Å². The summed E-state index contributed by atoms with van der Waals surface area (Å²) in [6, 6.07) is -0.305.